The largest absolute Gasteiger partial charge is 0.508 e. The molecule has 0 spiro atoms. The summed E-state index contributed by atoms with van der Waals surface area (Å²) in [6.07, 6.45) is -2.18. The number of benzene rings is 5. The number of para-hydroxylation sites is 1. The van der Waals surface area contributed by atoms with Crippen molar-refractivity contribution >= 4 is 97.5 Å². The molecule has 0 radical (unpaired) electrons. The number of phenols is 1. The first-order valence-corrected chi connectivity index (χ1v) is 37.4. The van der Waals surface area contributed by atoms with Gasteiger partial charge in [0.1, 0.15) is 66.2 Å². The van der Waals surface area contributed by atoms with E-state index in [1.54, 1.807) is 97.2 Å². The topological polar surface area (TPSA) is 495 Å². The van der Waals surface area contributed by atoms with E-state index in [0.717, 1.165) is 34.1 Å². The van der Waals surface area contributed by atoms with E-state index < -0.39 is 150 Å². The van der Waals surface area contributed by atoms with E-state index in [9.17, 15) is 54.0 Å². The fraction of sp³-hybridized carbons (Fsp3) is 0.419. The van der Waals surface area contributed by atoms with Crippen LogP contribution in [0.15, 0.2) is 140 Å². The van der Waals surface area contributed by atoms with Crippen LogP contribution >= 0.6 is 21.6 Å². The van der Waals surface area contributed by atoms with E-state index in [-0.39, 0.29) is 68.4 Å². The molecule has 1 aliphatic rings. The van der Waals surface area contributed by atoms with Gasteiger partial charge < -0.3 is 101 Å². The van der Waals surface area contributed by atoms with Crippen LogP contribution in [-0.2, 0) is 91.4 Å². The number of aliphatic hydroxyl groups is 3. The van der Waals surface area contributed by atoms with Gasteiger partial charge in [0.05, 0.1) is 24.9 Å². The lowest BCUT2D eigenvalue weighted by molar-refractivity contribution is -0.138. The van der Waals surface area contributed by atoms with Crippen LogP contribution in [0.1, 0.15) is 80.3 Å². The van der Waals surface area contributed by atoms with Gasteiger partial charge >= 0.3 is 0 Å². The average molecular weight is 1500 g/mol. The molecule has 1 fully saturated rings. The molecule has 22 N–H and O–H groups in total. The van der Waals surface area contributed by atoms with E-state index in [4.69, 9.17) is 17.2 Å². The highest BCUT2D eigenvalue weighted by molar-refractivity contribution is 8.76. The first kappa shape index (κ1) is 83.3. The molecule has 30 nitrogen and oxygen atoms in total. The van der Waals surface area contributed by atoms with Crippen LogP contribution in [0.4, 0.5) is 0 Å². The van der Waals surface area contributed by atoms with Crippen molar-refractivity contribution in [3.8, 4) is 5.75 Å². The van der Waals surface area contributed by atoms with Crippen molar-refractivity contribution < 1.29 is 73.2 Å². The summed E-state index contributed by atoms with van der Waals surface area (Å²) in [6.45, 7) is 5.90. The third kappa shape index (κ3) is 26.0. The Labute approximate surface area is 622 Å². The van der Waals surface area contributed by atoms with Crippen molar-refractivity contribution in [2.24, 2.45) is 17.2 Å². The number of nitrogens with one attached hydrogen (secondary N) is 12. The quantitative estimate of drug-likeness (QED) is 0.0298. The number of primary amides is 1. The molecule has 2 heterocycles. The SMILES string of the molecule is CC(C)NCc1ccc(CC2NC(=O)C(Cc3c[nH]c4ccccc34)NC(=O)C(Cc3ccccc3)NC(=O)C(Cc3ccccc3)NC(=O)C(CCCCN)NC(=O)C(N)CSSCC(C(N)=O)NC(=O)C(CO)NC(=O)C(C(C)O)NC(=O)C(Cc3ccc(O)cc3)NC(=O)C(C(C)O)NC2=O)cc1. The second-order valence-corrected chi connectivity index (χ2v) is 28.9. The Morgan fingerprint density at radius 1 is 0.472 bits per heavy atom. The monoisotopic (exact) mass is 1500 g/mol. The molecular weight excluding hydrogens is 1400 g/mol. The molecule has 13 unspecified atom stereocenters. The maximum atomic E-state index is 15.5. The van der Waals surface area contributed by atoms with Crippen molar-refractivity contribution in [1.29, 1.82) is 0 Å². The summed E-state index contributed by atoms with van der Waals surface area (Å²) in [4.78, 5) is 163. The number of hydrogen-bond acceptors (Lipinski definition) is 20. The van der Waals surface area contributed by atoms with Crippen LogP contribution in [0.2, 0.25) is 0 Å². The zero-order valence-electron chi connectivity index (χ0n) is 59.4. The number of aliphatic hydroxyl groups excluding tert-OH is 3. The number of carbonyl (C=O) groups is 11. The number of aromatic amines is 1. The van der Waals surface area contributed by atoms with Gasteiger partial charge in [-0.3, -0.25) is 52.7 Å². The van der Waals surface area contributed by atoms with Gasteiger partial charge in [0.2, 0.25) is 65.0 Å². The standard InChI is InChI=1S/C74H97N15O15S2/c1-41(2)78-36-48-24-22-46(23-25-48)33-57-70(100)88-62(42(3)91)73(103)85-58(34-47-26-28-50(93)29-27-47)71(101)89-63(43(4)92)74(104)86-60(38-90)72(102)87-61(64(77)94)40-106-105-39-52(76)65(95)80-54(21-13-14-30-75)66(96)81-55(31-44-15-7-5-8-16-44)67(97)82-56(32-45-17-9-6-10-18-45)68(98)84-59(69(99)83-57)35-49-37-79-53-20-12-11-19-51(49)53/h5-12,15-20,22-29,37,41-43,52,54-63,78-79,90-93H,13-14,21,30-36,38-40,75-76H2,1-4H3,(H2,77,94)(H,80,95)(H,81,96)(H,82,97)(H,83,99)(H,84,98)(H,85,103)(H,86,104)(H,87,102)(H,88,100)(H,89,101). The van der Waals surface area contributed by atoms with Crippen LogP contribution in [0.3, 0.4) is 0 Å². The van der Waals surface area contributed by atoms with Crippen LogP contribution in [-0.4, -0.2) is 200 Å². The number of phenolic OH excluding ortho intramolecular Hbond substituents is 1. The summed E-state index contributed by atoms with van der Waals surface area (Å²) in [7, 11) is 1.95. The summed E-state index contributed by atoms with van der Waals surface area (Å²) in [6, 6.07) is 19.6. The first-order chi connectivity index (χ1) is 50.7. The fourth-order valence-corrected chi connectivity index (χ4v) is 13.7. The molecule has 1 aliphatic heterocycles. The summed E-state index contributed by atoms with van der Waals surface area (Å²) in [5.74, 6) is -11.5. The van der Waals surface area contributed by atoms with E-state index in [0.29, 0.717) is 58.1 Å². The lowest BCUT2D eigenvalue weighted by Crippen LogP contribution is -2.63. The second kappa shape index (κ2) is 41.7. The zero-order valence-corrected chi connectivity index (χ0v) is 61.0. The molecular formula is C74H97N15O15S2. The van der Waals surface area contributed by atoms with E-state index in [1.807, 2.05) is 32.0 Å². The fourth-order valence-electron chi connectivity index (χ4n) is 11.4. The minimum absolute atomic E-state index is 0.0372. The molecule has 6 aromatic rings. The number of hydrogen-bond donors (Lipinski definition) is 19. The van der Waals surface area contributed by atoms with Crippen LogP contribution < -0.4 is 75.7 Å². The van der Waals surface area contributed by atoms with Gasteiger partial charge in [0, 0.05) is 73.3 Å². The van der Waals surface area contributed by atoms with E-state index in [1.165, 1.54) is 31.2 Å². The van der Waals surface area contributed by atoms with Gasteiger partial charge in [0.15, 0.2) is 0 Å². The average Bonchev–Trinajstić information content (AvgIpc) is 1.64. The number of carbonyl (C=O) groups excluding carboxylic acids is 11. The second-order valence-electron chi connectivity index (χ2n) is 26.4. The molecule has 570 valence electrons. The van der Waals surface area contributed by atoms with Crippen LogP contribution in [0.5, 0.6) is 5.75 Å². The molecule has 0 saturated carbocycles. The van der Waals surface area contributed by atoms with E-state index in [2.05, 4.69) is 63.5 Å². The Balaban J connectivity index is 1.32. The molecule has 0 aliphatic carbocycles. The number of fused-ring (bicyclic) bond motifs is 1. The highest BCUT2D eigenvalue weighted by Gasteiger charge is 2.39. The summed E-state index contributed by atoms with van der Waals surface area (Å²) in [5, 5.41) is 73.2. The molecule has 106 heavy (non-hydrogen) atoms. The zero-order chi connectivity index (χ0) is 77.0. The minimum Gasteiger partial charge on any atom is -0.508 e. The van der Waals surface area contributed by atoms with Crippen LogP contribution in [0, 0.1) is 0 Å². The Hall–Kier alpha value is -9.93. The summed E-state index contributed by atoms with van der Waals surface area (Å²) >= 11 is 0. The highest BCUT2D eigenvalue weighted by Crippen LogP contribution is 2.24. The molecule has 32 heteroatoms. The van der Waals surface area contributed by atoms with Gasteiger partial charge in [-0.2, -0.15) is 0 Å². The number of H-pyrrole nitrogens is 1. The minimum atomic E-state index is -1.93. The van der Waals surface area contributed by atoms with Crippen molar-refractivity contribution in [3.63, 3.8) is 0 Å². The van der Waals surface area contributed by atoms with Crippen molar-refractivity contribution in [3.05, 3.63) is 173 Å². The summed E-state index contributed by atoms with van der Waals surface area (Å²) in [5.41, 5.74) is 22.0. The Morgan fingerprint density at radius 2 is 0.868 bits per heavy atom. The van der Waals surface area contributed by atoms with Gasteiger partial charge in [0.25, 0.3) is 0 Å². The smallest absolute Gasteiger partial charge is 0.245 e. The maximum absolute atomic E-state index is 15.5. The van der Waals surface area contributed by atoms with Crippen LogP contribution in [0.25, 0.3) is 10.9 Å². The predicted molar refractivity (Wildman–Crippen MR) is 401 cm³/mol. The van der Waals surface area contributed by atoms with E-state index >= 15 is 19.2 Å². The highest BCUT2D eigenvalue weighted by atomic mass is 33.1. The Bertz CT molecular complexity index is 3930. The molecule has 7 rings (SSSR count). The van der Waals surface area contributed by atoms with Gasteiger partial charge in [-0.1, -0.05) is 151 Å². The molecule has 5 aromatic carbocycles. The third-order valence-electron chi connectivity index (χ3n) is 17.5. The number of nitrogens with two attached hydrogens (primary N) is 3. The molecule has 13 atom stereocenters. The number of amides is 11. The number of unbranched alkanes of at least 4 members (excludes halogenated alkanes) is 1. The first-order valence-electron chi connectivity index (χ1n) is 34.9. The van der Waals surface area contributed by atoms with Crippen molar-refractivity contribution in [2.45, 2.75) is 170 Å². The van der Waals surface area contributed by atoms with Gasteiger partial charge in [-0.25, -0.2) is 0 Å². The third-order valence-corrected chi connectivity index (χ3v) is 19.9. The lowest BCUT2D eigenvalue weighted by Gasteiger charge is -2.29. The molecule has 1 saturated heterocycles. The maximum Gasteiger partial charge on any atom is 0.245 e. The molecule has 0 bridgehead atoms. The van der Waals surface area contributed by atoms with Gasteiger partial charge in [-0.05, 0) is 91.2 Å². The van der Waals surface area contributed by atoms with Gasteiger partial charge in [-0.15, -0.1) is 0 Å². The predicted octanol–water partition coefficient (Wildman–Crippen LogP) is -1.18. The molecule has 11 amide bonds. The Kier molecular flexibility index (Phi) is 32.8. The number of rotatable bonds is 21. The summed E-state index contributed by atoms with van der Waals surface area (Å²) < 4.78 is 0. The molecule has 1 aromatic heterocycles. The lowest BCUT2D eigenvalue weighted by atomic mass is 9.99. The Morgan fingerprint density at radius 3 is 1.34 bits per heavy atom. The number of aromatic hydroxyl groups is 1. The van der Waals surface area contributed by atoms with Crippen molar-refractivity contribution in [2.75, 3.05) is 24.7 Å². The van der Waals surface area contributed by atoms with Crippen molar-refractivity contribution in [1.82, 2.24) is 63.5 Å². The number of aromatic nitrogens is 1. The normalized spacial score (nSPS) is 23.7.